The van der Waals surface area contributed by atoms with Crippen LogP contribution in [0.3, 0.4) is 0 Å². The monoisotopic (exact) mass is 376 g/mol. The van der Waals surface area contributed by atoms with Crippen molar-refractivity contribution in [2.75, 3.05) is 32.6 Å². The summed E-state index contributed by atoms with van der Waals surface area (Å²) in [5.41, 5.74) is 0.959. The molecule has 138 valence electrons. The van der Waals surface area contributed by atoms with E-state index in [9.17, 15) is 4.79 Å². The highest BCUT2D eigenvalue weighted by atomic mass is 35.5. The van der Waals surface area contributed by atoms with E-state index in [1.165, 1.54) is 13.5 Å². The Morgan fingerprint density at radius 1 is 1.15 bits per heavy atom. The third-order valence-corrected chi connectivity index (χ3v) is 4.53. The maximum atomic E-state index is 12.6. The zero-order valence-electron chi connectivity index (χ0n) is 14.8. The standard InChI is InChI=1S/C18H21ClN4O3/c1-25-15-11-14(16(26-2)10-12(15)19)22-18-20-7-6-13(21-18)17(24)23-8-4-3-5-9-23/h6-7,10-11H,3-5,8-9H2,1-2H3,(H,20,21,22). The second-order valence-electron chi connectivity index (χ2n) is 5.93. The van der Waals surface area contributed by atoms with Gasteiger partial charge < -0.3 is 19.7 Å². The summed E-state index contributed by atoms with van der Waals surface area (Å²) in [7, 11) is 3.08. The van der Waals surface area contributed by atoms with E-state index in [0.717, 1.165) is 25.9 Å². The van der Waals surface area contributed by atoms with E-state index in [4.69, 9.17) is 21.1 Å². The second kappa shape index (κ2) is 8.23. The molecular weight excluding hydrogens is 356 g/mol. The normalized spacial score (nSPS) is 14.0. The molecule has 26 heavy (non-hydrogen) atoms. The number of ether oxygens (including phenoxy) is 2. The fourth-order valence-corrected chi connectivity index (χ4v) is 3.11. The SMILES string of the molecule is COc1cc(Nc2nccc(C(=O)N3CCCCC3)n2)c(OC)cc1Cl. The van der Waals surface area contributed by atoms with Gasteiger partial charge in [-0.3, -0.25) is 4.79 Å². The van der Waals surface area contributed by atoms with Gasteiger partial charge in [0.2, 0.25) is 5.95 Å². The number of anilines is 2. The number of nitrogens with zero attached hydrogens (tertiary/aromatic N) is 3. The molecule has 0 saturated carbocycles. The lowest BCUT2D eigenvalue weighted by Gasteiger charge is -2.26. The molecule has 1 aliphatic rings. The highest BCUT2D eigenvalue weighted by Gasteiger charge is 2.20. The third-order valence-electron chi connectivity index (χ3n) is 4.24. The van der Waals surface area contributed by atoms with Gasteiger partial charge in [-0.2, -0.15) is 0 Å². The Balaban J connectivity index is 1.84. The van der Waals surface area contributed by atoms with Crippen molar-refractivity contribution < 1.29 is 14.3 Å². The molecule has 1 saturated heterocycles. The smallest absolute Gasteiger partial charge is 0.272 e. The summed E-state index contributed by atoms with van der Waals surface area (Å²) in [5, 5.41) is 3.50. The minimum absolute atomic E-state index is 0.0733. The van der Waals surface area contributed by atoms with Crippen LogP contribution in [-0.4, -0.2) is 48.1 Å². The first kappa shape index (κ1) is 18.3. The van der Waals surface area contributed by atoms with E-state index in [0.29, 0.717) is 33.9 Å². The Morgan fingerprint density at radius 2 is 1.88 bits per heavy atom. The molecule has 0 spiro atoms. The zero-order valence-corrected chi connectivity index (χ0v) is 15.5. The van der Waals surface area contributed by atoms with Gasteiger partial charge in [0, 0.05) is 31.4 Å². The van der Waals surface area contributed by atoms with Gasteiger partial charge in [0.15, 0.2) is 0 Å². The molecule has 0 unspecified atom stereocenters. The number of carbonyl (C=O) groups excluding carboxylic acids is 1. The molecule has 3 rings (SSSR count). The van der Waals surface area contributed by atoms with Crippen LogP contribution in [0.1, 0.15) is 29.8 Å². The summed E-state index contributed by atoms with van der Waals surface area (Å²) < 4.78 is 10.6. The molecule has 0 aliphatic carbocycles. The molecule has 2 heterocycles. The average molecular weight is 377 g/mol. The summed E-state index contributed by atoms with van der Waals surface area (Å²) in [6.07, 6.45) is 4.79. The molecular formula is C18H21ClN4O3. The number of hydrogen-bond donors (Lipinski definition) is 1. The van der Waals surface area contributed by atoms with Crippen LogP contribution in [0.25, 0.3) is 0 Å². The van der Waals surface area contributed by atoms with Crippen LogP contribution in [0.2, 0.25) is 5.02 Å². The van der Waals surface area contributed by atoms with E-state index in [2.05, 4.69) is 15.3 Å². The van der Waals surface area contributed by atoms with Crippen LogP contribution < -0.4 is 14.8 Å². The Kier molecular flexibility index (Phi) is 5.78. The number of benzene rings is 1. The minimum Gasteiger partial charge on any atom is -0.495 e. The van der Waals surface area contributed by atoms with Crippen LogP contribution in [-0.2, 0) is 0 Å². The van der Waals surface area contributed by atoms with Crippen molar-refractivity contribution in [1.82, 2.24) is 14.9 Å². The lowest BCUT2D eigenvalue weighted by molar-refractivity contribution is 0.0718. The van der Waals surface area contributed by atoms with Gasteiger partial charge in [0.05, 0.1) is 24.9 Å². The minimum atomic E-state index is -0.0733. The molecule has 8 heteroatoms. The quantitative estimate of drug-likeness (QED) is 0.860. The Labute approximate surface area is 157 Å². The van der Waals surface area contributed by atoms with Crippen molar-refractivity contribution in [2.45, 2.75) is 19.3 Å². The number of hydrogen-bond acceptors (Lipinski definition) is 6. The topological polar surface area (TPSA) is 76.6 Å². The zero-order chi connectivity index (χ0) is 18.5. The highest BCUT2D eigenvalue weighted by Crippen LogP contribution is 2.36. The lowest BCUT2D eigenvalue weighted by atomic mass is 10.1. The molecule has 1 amide bonds. The maximum Gasteiger partial charge on any atom is 0.272 e. The first-order valence-corrected chi connectivity index (χ1v) is 8.81. The lowest BCUT2D eigenvalue weighted by Crippen LogP contribution is -2.36. The van der Waals surface area contributed by atoms with Gasteiger partial charge in [-0.25, -0.2) is 9.97 Å². The first-order chi connectivity index (χ1) is 12.6. The predicted octanol–water partition coefficient (Wildman–Crippen LogP) is 3.52. The summed E-state index contributed by atoms with van der Waals surface area (Å²) in [6.45, 7) is 1.54. The average Bonchev–Trinajstić information content (AvgIpc) is 2.69. The van der Waals surface area contributed by atoms with Crippen LogP contribution in [0.15, 0.2) is 24.4 Å². The van der Waals surface area contributed by atoms with Crippen LogP contribution in [0.4, 0.5) is 11.6 Å². The van der Waals surface area contributed by atoms with E-state index in [-0.39, 0.29) is 5.91 Å². The van der Waals surface area contributed by atoms with Crippen molar-refractivity contribution in [1.29, 1.82) is 0 Å². The van der Waals surface area contributed by atoms with Gasteiger partial charge in [0.1, 0.15) is 17.2 Å². The fraction of sp³-hybridized carbons (Fsp3) is 0.389. The predicted molar refractivity (Wildman–Crippen MR) is 99.6 cm³/mol. The van der Waals surface area contributed by atoms with Crippen molar-refractivity contribution in [2.24, 2.45) is 0 Å². The number of carbonyl (C=O) groups is 1. The molecule has 1 fully saturated rings. The largest absolute Gasteiger partial charge is 0.495 e. The summed E-state index contributed by atoms with van der Waals surface area (Å²) in [5.74, 6) is 1.24. The summed E-state index contributed by atoms with van der Waals surface area (Å²) in [6, 6.07) is 4.97. The number of piperidine rings is 1. The number of methoxy groups -OCH3 is 2. The molecule has 1 aliphatic heterocycles. The molecule has 7 nitrogen and oxygen atoms in total. The molecule has 1 aromatic carbocycles. The number of likely N-dealkylation sites (tertiary alicyclic amines) is 1. The molecule has 0 bridgehead atoms. The second-order valence-corrected chi connectivity index (χ2v) is 6.34. The molecule has 2 aromatic rings. The Hall–Kier alpha value is -2.54. The van der Waals surface area contributed by atoms with Crippen molar-refractivity contribution in [3.8, 4) is 11.5 Å². The Bertz CT molecular complexity index is 794. The van der Waals surface area contributed by atoms with E-state index in [1.807, 2.05) is 4.90 Å². The van der Waals surface area contributed by atoms with Crippen molar-refractivity contribution in [3.05, 3.63) is 35.1 Å². The van der Waals surface area contributed by atoms with E-state index >= 15 is 0 Å². The number of halogens is 1. The van der Waals surface area contributed by atoms with Crippen molar-refractivity contribution >= 4 is 29.1 Å². The molecule has 0 radical (unpaired) electrons. The molecule has 1 N–H and O–H groups in total. The van der Waals surface area contributed by atoms with Crippen LogP contribution >= 0.6 is 11.6 Å². The van der Waals surface area contributed by atoms with Crippen LogP contribution in [0, 0.1) is 0 Å². The number of amides is 1. The maximum absolute atomic E-state index is 12.6. The molecule has 0 atom stereocenters. The summed E-state index contributed by atoms with van der Waals surface area (Å²) in [4.78, 5) is 23.0. The molecule has 1 aromatic heterocycles. The fourth-order valence-electron chi connectivity index (χ4n) is 2.88. The van der Waals surface area contributed by atoms with Gasteiger partial charge >= 0.3 is 0 Å². The highest BCUT2D eigenvalue weighted by molar-refractivity contribution is 6.32. The Morgan fingerprint density at radius 3 is 2.58 bits per heavy atom. The van der Waals surface area contributed by atoms with Gasteiger partial charge in [0.25, 0.3) is 5.91 Å². The van der Waals surface area contributed by atoms with E-state index in [1.54, 1.807) is 31.5 Å². The van der Waals surface area contributed by atoms with Gasteiger partial charge in [-0.1, -0.05) is 11.6 Å². The third kappa shape index (κ3) is 3.99. The first-order valence-electron chi connectivity index (χ1n) is 8.43. The van der Waals surface area contributed by atoms with Gasteiger partial charge in [-0.05, 0) is 25.3 Å². The number of rotatable bonds is 5. The van der Waals surface area contributed by atoms with Crippen LogP contribution in [0.5, 0.6) is 11.5 Å². The number of aromatic nitrogens is 2. The number of nitrogens with one attached hydrogen (secondary N) is 1. The van der Waals surface area contributed by atoms with Crippen molar-refractivity contribution in [3.63, 3.8) is 0 Å². The van der Waals surface area contributed by atoms with E-state index < -0.39 is 0 Å². The van der Waals surface area contributed by atoms with Gasteiger partial charge in [-0.15, -0.1) is 0 Å². The summed E-state index contributed by atoms with van der Waals surface area (Å²) >= 11 is 6.12.